The number of nitro benzene ring substituents is 1. The van der Waals surface area contributed by atoms with Crippen LogP contribution in [-0.4, -0.2) is 17.4 Å². The van der Waals surface area contributed by atoms with Crippen molar-refractivity contribution in [1.82, 2.24) is 5.32 Å². The first-order chi connectivity index (χ1) is 10.1. The SMILES string of the molecule is CCNc1ccc([N+](=O)[O-])cc1C(=O)NCc1ccsc1. The normalized spacial score (nSPS) is 10.1. The summed E-state index contributed by atoms with van der Waals surface area (Å²) < 4.78 is 0. The van der Waals surface area contributed by atoms with Crippen molar-refractivity contribution in [3.63, 3.8) is 0 Å². The van der Waals surface area contributed by atoms with E-state index in [9.17, 15) is 14.9 Å². The molecule has 1 amide bonds. The summed E-state index contributed by atoms with van der Waals surface area (Å²) in [6, 6.07) is 6.15. The molecule has 110 valence electrons. The minimum Gasteiger partial charge on any atom is -0.385 e. The molecule has 2 aromatic rings. The molecule has 0 radical (unpaired) electrons. The van der Waals surface area contributed by atoms with Gasteiger partial charge in [0.05, 0.1) is 10.5 Å². The van der Waals surface area contributed by atoms with Crippen LogP contribution in [0.15, 0.2) is 35.0 Å². The van der Waals surface area contributed by atoms with Crippen molar-refractivity contribution in [2.24, 2.45) is 0 Å². The molecule has 6 nitrogen and oxygen atoms in total. The smallest absolute Gasteiger partial charge is 0.270 e. The molecule has 7 heteroatoms. The number of hydrogen-bond donors (Lipinski definition) is 2. The molecule has 2 rings (SSSR count). The average Bonchev–Trinajstić information content (AvgIpc) is 2.98. The third-order valence-electron chi connectivity index (χ3n) is 2.86. The van der Waals surface area contributed by atoms with Gasteiger partial charge in [-0.1, -0.05) is 0 Å². The Labute approximate surface area is 126 Å². The van der Waals surface area contributed by atoms with E-state index in [1.807, 2.05) is 23.8 Å². The van der Waals surface area contributed by atoms with Crippen LogP contribution in [-0.2, 0) is 6.54 Å². The van der Waals surface area contributed by atoms with Gasteiger partial charge in [-0.05, 0) is 35.4 Å². The monoisotopic (exact) mass is 305 g/mol. The van der Waals surface area contributed by atoms with Gasteiger partial charge in [0.2, 0.25) is 0 Å². The van der Waals surface area contributed by atoms with Crippen LogP contribution in [0.4, 0.5) is 11.4 Å². The predicted octanol–water partition coefficient (Wildman–Crippen LogP) is 3.02. The third-order valence-corrected chi connectivity index (χ3v) is 3.59. The van der Waals surface area contributed by atoms with Gasteiger partial charge < -0.3 is 10.6 Å². The lowest BCUT2D eigenvalue weighted by Gasteiger charge is -2.10. The number of anilines is 1. The minimum absolute atomic E-state index is 0.0997. The van der Waals surface area contributed by atoms with Crippen LogP contribution in [0.2, 0.25) is 0 Å². The number of benzene rings is 1. The van der Waals surface area contributed by atoms with Crippen LogP contribution < -0.4 is 10.6 Å². The van der Waals surface area contributed by atoms with Crippen molar-refractivity contribution in [2.45, 2.75) is 13.5 Å². The molecule has 0 bridgehead atoms. The number of nitrogens with zero attached hydrogens (tertiary/aromatic N) is 1. The van der Waals surface area contributed by atoms with Crippen LogP contribution in [0.3, 0.4) is 0 Å². The number of carbonyl (C=O) groups is 1. The maximum Gasteiger partial charge on any atom is 0.270 e. The lowest BCUT2D eigenvalue weighted by molar-refractivity contribution is -0.384. The molecule has 0 aliphatic carbocycles. The molecule has 2 N–H and O–H groups in total. The lowest BCUT2D eigenvalue weighted by Crippen LogP contribution is -2.24. The van der Waals surface area contributed by atoms with Gasteiger partial charge in [0, 0.05) is 30.9 Å². The summed E-state index contributed by atoms with van der Waals surface area (Å²) in [5, 5.41) is 20.5. The van der Waals surface area contributed by atoms with E-state index in [0.717, 1.165) is 5.56 Å². The summed E-state index contributed by atoms with van der Waals surface area (Å²) in [5.74, 6) is -0.333. The standard InChI is InChI=1S/C14H15N3O3S/c1-2-15-13-4-3-11(17(19)20)7-12(13)14(18)16-8-10-5-6-21-9-10/h3-7,9,15H,2,8H2,1H3,(H,16,18). The Balaban J connectivity index is 2.20. The number of amides is 1. The van der Waals surface area contributed by atoms with E-state index in [0.29, 0.717) is 18.8 Å². The van der Waals surface area contributed by atoms with Crippen LogP contribution in [0.5, 0.6) is 0 Å². The number of carbonyl (C=O) groups excluding carboxylic acids is 1. The Morgan fingerprint density at radius 1 is 1.38 bits per heavy atom. The topological polar surface area (TPSA) is 84.3 Å². The second kappa shape index (κ2) is 6.85. The van der Waals surface area contributed by atoms with Crippen LogP contribution in [0, 0.1) is 10.1 Å². The van der Waals surface area contributed by atoms with Crippen molar-refractivity contribution < 1.29 is 9.72 Å². The fourth-order valence-electron chi connectivity index (χ4n) is 1.85. The molecular weight excluding hydrogens is 290 g/mol. The second-order valence-corrected chi connectivity index (χ2v) is 5.11. The number of non-ortho nitro benzene ring substituents is 1. The van der Waals surface area contributed by atoms with Gasteiger partial charge >= 0.3 is 0 Å². The predicted molar refractivity (Wildman–Crippen MR) is 82.7 cm³/mol. The number of nitro groups is 1. The van der Waals surface area contributed by atoms with Crippen molar-refractivity contribution in [1.29, 1.82) is 0 Å². The van der Waals surface area contributed by atoms with Crippen LogP contribution >= 0.6 is 11.3 Å². The lowest BCUT2D eigenvalue weighted by atomic mass is 10.1. The van der Waals surface area contributed by atoms with E-state index in [1.165, 1.54) is 12.1 Å². The summed E-state index contributed by atoms with van der Waals surface area (Å²) in [4.78, 5) is 22.6. The van der Waals surface area contributed by atoms with E-state index in [-0.39, 0.29) is 17.2 Å². The van der Waals surface area contributed by atoms with Gasteiger partial charge in [-0.15, -0.1) is 0 Å². The maximum absolute atomic E-state index is 12.2. The van der Waals surface area contributed by atoms with Gasteiger partial charge in [0.25, 0.3) is 11.6 Å². The summed E-state index contributed by atoms with van der Waals surface area (Å²) in [5.41, 5.74) is 1.77. The van der Waals surface area contributed by atoms with Crippen LogP contribution in [0.1, 0.15) is 22.8 Å². The zero-order valence-corrected chi connectivity index (χ0v) is 12.3. The number of rotatable bonds is 6. The largest absolute Gasteiger partial charge is 0.385 e. The molecule has 1 heterocycles. The molecule has 1 aromatic heterocycles. The molecular formula is C14H15N3O3S. The Morgan fingerprint density at radius 2 is 2.19 bits per heavy atom. The Kier molecular flexibility index (Phi) is 4.89. The highest BCUT2D eigenvalue weighted by atomic mass is 32.1. The number of nitrogens with one attached hydrogen (secondary N) is 2. The summed E-state index contributed by atoms with van der Waals surface area (Å²) in [7, 11) is 0. The molecule has 0 unspecified atom stereocenters. The number of hydrogen-bond acceptors (Lipinski definition) is 5. The number of thiophene rings is 1. The molecule has 0 saturated heterocycles. The van der Waals surface area contributed by atoms with E-state index >= 15 is 0 Å². The average molecular weight is 305 g/mol. The summed E-state index contributed by atoms with van der Waals surface area (Å²) in [6.07, 6.45) is 0. The first-order valence-electron chi connectivity index (χ1n) is 6.43. The Morgan fingerprint density at radius 3 is 2.81 bits per heavy atom. The first-order valence-corrected chi connectivity index (χ1v) is 7.37. The highest BCUT2D eigenvalue weighted by Gasteiger charge is 2.16. The molecule has 0 fully saturated rings. The second-order valence-electron chi connectivity index (χ2n) is 4.33. The van der Waals surface area contributed by atoms with E-state index in [1.54, 1.807) is 17.4 Å². The third kappa shape index (κ3) is 3.79. The molecule has 0 atom stereocenters. The first kappa shape index (κ1) is 15.0. The molecule has 0 aliphatic rings. The Bertz CT molecular complexity index is 641. The van der Waals surface area contributed by atoms with E-state index in [4.69, 9.17) is 0 Å². The van der Waals surface area contributed by atoms with Gasteiger partial charge in [-0.2, -0.15) is 11.3 Å². The maximum atomic E-state index is 12.2. The summed E-state index contributed by atoms with van der Waals surface area (Å²) >= 11 is 1.55. The van der Waals surface area contributed by atoms with Crippen LogP contribution in [0.25, 0.3) is 0 Å². The zero-order chi connectivity index (χ0) is 15.2. The van der Waals surface area contributed by atoms with Crippen molar-refractivity contribution >= 4 is 28.6 Å². The minimum atomic E-state index is -0.509. The van der Waals surface area contributed by atoms with Crippen molar-refractivity contribution in [2.75, 3.05) is 11.9 Å². The summed E-state index contributed by atoms with van der Waals surface area (Å²) in [6.45, 7) is 2.92. The molecule has 1 aromatic carbocycles. The fourth-order valence-corrected chi connectivity index (χ4v) is 2.52. The molecule has 0 aliphatic heterocycles. The molecule has 0 saturated carbocycles. The van der Waals surface area contributed by atoms with Gasteiger partial charge in [0.15, 0.2) is 0 Å². The van der Waals surface area contributed by atoms with E-state index < -0.39 is 4.92 Å². The van der Waals surface area contributed by atoms with Gasteiger partial charge in [-0.3, -0.25) is 14.9 Å². The van der Waals surface area contributed by atoms with Gasteiger partial charge in [-0.25, -0.2) is 0 Å². The molecule has 21 heavy (non-hydrogen) atoms. The highest BCUT2D eigenvalue weighted by Crippen LogP contribution is 2.22. The van der Waals surface area contributed by atoms with E-state index in [2.05, 4.69) is 10.6 Å². The van der Waals surface area contributed by atoms with Crippen molar-refractivity contribution in [3.8, 4) is 0 Å². The quantitative estimate of drug-likeness (QED) is 0.634. The molecule has 0 spiro atoms. The Hall–Kier alpha value is -2.41. The zero-order valence-electron chi connectivity index (χ0n) is 11.5. The van der Waals surface area contributed by atoms with Gasteiger partial charge in [0.1, 0.15) is 0 Å². The fraction of sp³-hybridized carbons (Fsp3) is 0.214. The van der Waals surface area contributed by atoms with Crippen molar-refractivity contribution in [3.05, 3.63) is 56.3 Å². The highest BCUT2D eigenvalue weighted by molar-refractivity contribution is 7.07.